The molecule has 0 unspecified atom stereocenters. The number of ether oxygens (including phenoxy) is 1. The van der Waals surface area contributed by atoms with Gasteiger partial charge in [-0.1, -0.05) is 40.5 Å². The number of carbonyl (C=O) groups is 4. The van der Waals surface area contributed by atoms with Crippen LogP contribution in [0.2, 0.25) is 0 Å². The van der Waals surface area contributed by atoms with Crippen molar-refractivity contribution >= 4 is 23.8 Å². The number of amides is 4. The third-order valence-corrected chi connectivity index (χ3v) is 5.81. The zero-order valence-corrected chi connectivity index (χ0v) is 20.0. The molecule has 0 aromatic rings. The molecule has 1 fully saturated rings. The van der Waals surface area contributed by atoms with E-state index in [4.69, 9.17) is 10.5 Å². The number of nitrogens with zero attached hydrogens (tertiary/aromatic N) is 1. The third kappa shape index (κ3) is 7.70. The van der Waals surface area contributed by atoms with E-state index in [0.717, 1.165) is 0 Å². The van der Waals surface area contributed by atoms with E-state index in [-0.39, 0.29) is 17.7 Å². The highest BCUT2D eigenvalue weighted by Gasteiger charge is 2.39. The van der Waals surface area contributed by atoms with Gasteiger partial charge in [-0.15, -0.1) is 0 Å². The van der Waals surface area contributed by atoms with Gasteiger partial charge in [-0.25, -0.2) is 4.79 Å². The molecule has 1 rings (SSSR count). The molecule has 0 bridgehead atoms. The van der Waals surface area contributed by atoms with Crippen LogP contribution in [-0.4, -0.2) is 59.0 Å². The van der Waals surface area contributed by atoms with Gasteiger partial charge in [-0.2, -0.15) is 0 Å². The molecular formula is C22H40N4O5. The zero-order valence-electron chi connectivity index (χ0n) is 20.0. The number of nitrogens with two attached hydrogens (primary N) is 1. The number of primary amides is 1. The van der Waals surface area contributed by atoms with Crippen LogP contribution in [0.15, 0.2) is 0 Å². The first kappa shape index (κ1) is 26.7. The lowest BCUT2D eigenvalue weighted by molar-refractivity contribution is -0.142. The van der Waals surface area contributed by atoms with E-state index in [2.05, 4.69) is 10.6 Å². The van der Waals surface area contributed by atoms with E-state index in [1.807, 2.05) is 27.7 Å². The number of carbonyl (C=O) groups excluding carboxylic acids is 4. The van der Waals surface area contributed by atoms with Crippen molar-refractivity contribution in [3.8, 4) is 0 Å². The lowest BCUT2D eigenvalue weighted by Crippen LogP contribution is -2.59. The molecule has 0 saturated carbocycles. The molecule has 0 aromatic carbocycles. The van der Waals surface area contributed by atoms with Gasteiger partial charge in [0.15, 0.2) is 0 Å². The Balaban J connectivity index is 3.04. The highest BCUT2D eigenvalue weighted by Crippen LogP contribution is 2.21. The van der Waals surface area contributed by atoms with E-state index >= 15 is 0 Å². The maximum Gasteiger partial charge on any atom is 0.408 e. The fourth-order valence-electron chi connectivity index (χ4n) is 3.57. The highest BCUT2D eigenvalue weighted by molar-refractivity contribution is 5.94. The Bertz CT molecular complexity index is 661. The van der Waals surface area contributed by atoms with Crippen molar-refractivity contribution in [2.24, 2.45) is 17.6 Å². The van der Waals surface area contributed by atoms with Gasteiger partial charge < -0.3 is 26.0 Å². The number of nitrogens with one attached hydrogen (secondary N) is 2. The second kappa shape index (κ2) is 11.3. The van der Waals surface area contributed by atoms with Gasteiger partial charge in [0.05, 0.1) is 0 Å². The monoisotopic (exact) mass is 440 g/mol. The molecule has 9 heteroatoms. The SMILES string of the molecule is CC[C@H](C)[C@H](NC(=O)OC(C)(C)C)C(=O)N[C@H](C(=O)N1CCC[C@@H]1C(N)=O)[C@@H](C)CC. The molecule has 31 heavy (non-hydrogen) atoms. The summed E-state index contributed by atoms with van der Waals surface area (Å²) in [5.41, 5.74) is 4.77. The van der Waals surface area contributed by atoms with Crippen molar-refractivity contribution in [3.05, 3.63) is 0 Å². The van der Waals surface area contributed by atoms with Crippen LogP contribution in [0.3, 0.4) is 0 Å². The van der Waals surface area contributed by atoms with Crippen molar-refractivity contribution < 1.29 is 23.9 Å². The predicted octanol–water partition coefficient (Wildman–Crippen LogP) is 1.93. The molecule has 1 aliphatic rings. The summed E-state index contributed by atoms with van der Waals surface area (Å²) in [5.74, 6) is -1.64. The first-order valence-electron chi connectivity index (χ1n) is 11.2. The Kier molecular flexibility index (Phi) is 9.77. The highest BCUT2D eigenvalue weighted by atomic mass is 16.6. The van der Waals surface area contributed by atoms with Crippen molar-refractivity contribution in [1.82, 2.24) is 15.5 Å². The average Bonchev–Trinajstić information content (AvgIpc) is 3.17. The van der Waals surface area contributed by atoms with Gasteiger partial charge >= 0.3 is 6.09 Å². The maximum atomic E-state index is 13.3. The molecule has 0 radical (unpaired) electrons. The first-order chi connectivity index (χ1) is 14.3. The van der Waals surface area contributed by atoms with Crippen LogP contribution in [0.5, 0.6) is 0 Å². The minimum absolute atomic E-state index is 0.162. The van der Waals surface area contributed by atoms with E-state index in [1.54, 1.807) is 20.8 Å². The van der Waals surface area contributed by atoms with Gasteiger partial charge in [-0.05, 0) is 45.4 Å². The number of likely N-dealkylation sites (tertiary alicyclic amines) is 1. The summed E-state index contributed by atoms with van der Waals surface area (Å²) in [6.45, 7) is 13.2. The fourth-order valence-corrected chi connectivity index (χ4v) is 3.57. The van der Waals surface area contributed by atoms with Crippen molar-refractivity contribution in [2.75, 3.05) is 6.54 Å². The van der Waals surface area contributed by atoms with Crippen LogP contribution in [0.4, 0.5) is 4.79 Å². The molecule has 4 N–H and O–H groups in total. The molecule has 1 saturated heterocycles. The Morgan fingerprint density at radius 2 is 1.58 bits per heavy atom. The summed E-state index contributed by atoms with van der Waals surface area (Å²) in [5, 5.41) is 5.48. The molecule has 4 amide bonds. The molecule has 9 nitrogen and oxygen atoms in total. The first-order valence-corrected chi connectivity index (χ1v) is 11.2. The van der Waals surface area contributed by atoms with Gasteiger partial charge in [-0.3, -0.25) is 14.4 Å². The van der Waals surface area contributed by atoms with Crippen molar-refractivity contribution in [2.45, 2.75) is 97.9 Å². The normalized spacial score (nSPS) is 20.4. The molecule has 5 atom stereocenters. The molecule has 0 aliphatic carbocycles. The van der Waals surface area contributed by atoms with Crippen LogP contribution >= 0.6 is 0 Å². The van der Waals surface area contributed by atoms with Crippen LogP contribution in [0.25, 0.3) is 0 Å². The number of hydrogen-bond acceptors (Lipinski definition) is 5. The molecule has 0 aromatic heterocycles. The van der Waals surface area contributed by atoms with E-state index in [9.17, 15) is 19.2 Å². The number of hydrogen-bond donors (Lipinski definition) is 3. The van der Waals surface area contributed by atoms with Gasteiger partial charge in [0.2, 0.25) is 17.7 Å². The number of alkyl carbamates (subject to hydrolysis) is 1. The summed E-state index contributed by atoms with van der Waals surface area (Å²) in [7, 11) is 0. The Morgan fingerprint density at radius 1 is 1.03 bits per heavy atom. The maximum absolute atomic E-state index is 13.3. The summed E-state index contributed by atoms with van der Waals surface area (Å²) in [6, 6.07) is -2.32. The summed E-state index contributed by atoms with van der Waals surface area (Å²) >= 11 is 0. The van der Waals surface area contributed by atoms with Crippen molar-refractivity contribution in [1.29, 1.82) is 0 Å². The van der Waals surface area contributed by atoms with Gasteiger partial charge in [0, 0.05) is 6.54 Å². The van der Waals surface area contributed by atoms with Crippen LogP contribution < -0.4 is 16.4 Å². The minimum Gasteiger partial charge on any atom is -0.444 e. The summed E-state index contributed by atoms with van der Waals surface area (Å²) in [6.07, 6.45) is 1.83. The van der Waals surface area contributed by atoms with E-state index in [0.29, 0.717) is 32.2 Å². The quantitative estimate of drug-likeness (QED) is 0.504. The lowest BCUT2D eigenvalue weighted by Gasteiger charge is -2.33. The standard InChI is InChI=1S/C22H40N4O5/c1-8-13(3)16(25-21(30)31-22(5,6)7)19(28)24-17(14(4)9-2)20(29)26-12-10-11-15(26)18(23)27/h13-17H,8-12H2,1-7H3,(H2,23,27)(H,24,28)(H,25,30)/t13-,14-,15+,16-,17-/m0/s1. The number of rotatable bonds is 9. The lowest BCUT2D eigenvalue weighted by atomic mass is 9.94. The van der Waals surface area contributed by atoms with Crippen molar-refractivity contribution in [3.63, 3.8) is 0 Å². The molecule has 0 spiro atoms. The zero-order chi connectivity index (χ0) is 23.9. The van der Waals surface area contributed by atoms with Gasteiger partial charge in [0.25, 0.3) is 0 Å². The smallest absolute Gasteiger partial charge is 0.408 e. The molecule has 1 aliphatic heterocycles. The third-order valence-electron chi connectivity index (χ3n) is 5.81. The molecule has 178 valence electrons. The second-order valence-electron chi connectivity index (χ2n) is 9.47. The fraction of sp³-hybridized carbons (Fsp3) is 0.818. The van der Waals surface area contributed by atoms with Crippen LogP contribution in [0.1, 0.15) is 74.1 Å². The minimum atomic E-state index is -0.857. The Morgan fingerprint density at radius 3 is 2.06 bits per heavy atom. The molecular weight excluding hydrogens is 400 g/mol. The van der Waals surface area contributed by atoms with Crippen LogP contribution in [0, 0.1) is 11.8 Å². The van der Waals surface area contributed by atoms with E-state index in [1.165, 1.54) is 4.90 Å². The Hall–Kier alpha value is -2.32. The summed E-state index contributed by atoms with van der Waals surface area (Å²) in [4.78, 5) is 51.9. The Labute approximate surface area is 185 Å². The molecule has 1 heterocycles. The topological polar surface area (TPSA) is 131 Å². The largest absolute Gasteiger partial charge is 0.444 e. The van der Waals surface area contributed by atoms with Gasteiger partial charge in [0.1, 0.15) is 23.7 Å². The second-order valence-corrected chi connectivity index (χ2v) is 9.47. The van der Waals surface area contributed by atoms with E-state index < -0.39 is 41.6 Å². The van der Waals surface area contributed by atoms with Crippen LogP contribution in [-0.2, 0) is 19.1 Å². The predicted molar refractivity (Wildman–Crippen MR) is 118 cm³/mol. The average molecular weight is 441 g/mol. The summed E-state index contributed by atoms with van der Waals surface area (Å²) < 4.78 is 5.30.